The van der Waals surface area contributed by atoms with Gasteiger partial charge in [0, 0.05) is 43.0 Å². The van der Waals surface area contributed by atoms with Crippen molar-refractivity contribution in [2.75, 3.05) is 31.1 Å². The van der Waals surface area contributed by atoms with Gasteiger partial charge < -0.3 is 4.90 Å². The largest absolute Gasteiger partial charge is 0.354 e. The average Bonchev–Trinajstić information content (AvgIpc) is 3.06. The molecule has 1 aliphatic heterocycles. The van der Waals surface area contributed by atoms with Crippen LogP contribution in [-0.2, 0) is 10.0 Å². The van der Waals surface area contributed by atoms with Crippen LogP contribution in [-0.4, -0.2) is 58.7 Å². The fourth-order valence-corrected chi connectivity index (χ4v) is 5.13. The number of benzene rings is 1. The Balaban J connectivity index is 1.53. The van der Waals surface area contributed by atoms with E-state index in [0.717, 1.165) is 17.2 Å². The van der Waals surface area contributed by atoms with Crippen LogP contribution in [0.4, 0.5) is 5.82 Å². The topological polar surface area (TPSA) is 84.2 Å². The molecule has 4 rings (SSSR count). The first-order valence-electron chi connectivity index (χ1n) is 9.64. The normalized spacial score (nSPS) is 15.5. The minimum absolute atomic E-state index is 0.255. The Kier molecular flexibility index (Phi) is 5.52. The van der Waals surface area contributed by atoms with Gasteiger partial charge in [0.1, 0.15) is 11.6 Å². The summed E-state index contributed by atoms with van der Waals surface area (Å²) in [7, 11) is -3.55. The molecule has 1 aliphatic rings. The summed E-state index contributed by atoms with van der Waals surface area (Å²) in [5, 5.41) is 5.01. The number of sulfonamides is 1. The fourth-order valence-electron chi connectivity index (χ4n) is 3.58. The summed E-state index contributed by atoms with van der Waals surface area (Å²) in [5.41, 5.74) is 1.92. The molecule has 3 heterocycles. The van der Waals surface area contributed by atoms with Crippen LogP contribution in [0, 0.1) is 20.8 Å². The lowest BCUT2D eigenvalue weighted by atomic mass is 10.3. The van der Waals surface area contributed by atoms with Gasteiger partial charge in [-0.15, -0.1) is 0 Å². The zero-order chi connectivity index (χ0) is 21.5. The number of aryl methyl sites for hydroxylation is 3. The summed E-state index contributed by atoms with van der Waals surface area (Å²) in [6, 6.07) is 10.2. The molecule has 1 saturated heterocycles. The first kappa shape index (κ1) is 20.8. The molecule has 3 aromatic rings. The number of halogens is 1. The van der Waals surface area contributed by atoms with Gasteiger partial charge in [-0.3, -0.25) is 0 Å². The van der Waals surface area contributed by atoms with Gasteiger partial charge in [-0.1, -0.05) is 11.6 Å². The molecular weight excluding hydrogens is 424 g/mol. The van der Waals surface area contributed by atoms with E-state index in [1.165, 1.54) is 4.31 Å². The van der Waals surface area contributed by atoms with E-state index < -0.39 is 10.0 Å². The van der Waals surface area contributed by atoms with Gasteiger partial charge in [0.05, 0.1) is 10.6 Å². The highest BCUT2D eigenvalue weighted by atomic mass is 35.5. The van der Waals surface area contributed by atoms with Crippen molar-refractivity contribution < 1.29 is 8.42 Å². The third-order valence-corrected chi connectivity index (χ3v) is 7.22. The van der Waals surface area contributed by atoms with Crippen LogP contribution in [0.1, 0.15) is 17.2 Å². The number of nitrogens with zero attached hydrogens (tertiary/aromatic N) is 6. The lowest BCUT2D eigenvalue weighted by Gasteiger charge is -2.34. The van der Waals surface area contributed by atoms with Crippen LogP contribution in [0.2, 0.25) is 5.02 Å². The number of hydrogen-bond donors (Lipinski definition) is 0. The quantitative estimate of drug-likeness (QED) is 0.612. The summed E-state index contributed by atoms with van der Waals surface area (Å²) in [4.78, 5) is 11.4. The molecule has 1 aromatic carbocycles. The maximum absolute atomic E-state index is 12.9. The van der Waals surface area contributed by atoms with E-state index in [1.807, 2.05) is 32.9 Å². The second kappa shape index (κ2) is 7.98. The molecule has 0 N–H and O–H groups in total. The second-order valence-electron chi connectivity index (χ2n) is 7.32. The van der Waals surface area contributed by atoms with Crippen LogP contribution in [0.5, 0.6) is 0 Å². The van der Waals surface area contributed by atoms with Crippen LogP contribution in [0.15, 0.2) is 41.3 Å². The van der Waals surface area contributed by atoms with Gasteiger partial charge in [0.25, 0.3) is 0 Å². The standard InChI is InChI=1S/C20H23ClN6O2S/c1-14-12-15(2)27(24-14)20-13-19(22-16(3)23-20)25-8-10-26(11-9-25)30(28,29)18-6-4-17(21)5-7-18/h4-7,12-13H,8-11H2,1-3H3. The molecular formula is C20H23ClN6O2S. The van der Waals surface area contributed by atoms with E-state index in [4.69, 9.17) is 11.6 Å². The van der Waals surface area contributed by atoms with Crippen LogP contribution < -0.4 is 4.90 Å². The Morgan fingerprint density at radius 3 is 2.13 bits per heavy atom. The third-order valence-electron chi connectivity index (χ3n) is 5.05. The Bertz CT molecular complexity index is 1170. The highest BCUT2D eigenvalue weighted by Gasteiger charge is 2.29. The van der Waals surface area contributed by atoms with Crippen molar-refractivity contribution >= 4 is 27.4 Å². The average molecular weight is 447 g/mol. The van der Waals surface area contributed by atoms with Gasteiger partial charge in [0.15, 0.2) is 5.82 Å². The highest BCUT2D eigenvalue weighted by molar-refractivity contribution is 7.89. The minimum Gasteiger partial charge on any atom is -0.354 e. The van der Waals surface area contributed by atoms with Gasteiger partial charge in [0.2, 0.25) is 10.0 Å². The summed E-state index contributed by atoms with van der Waals surface area (Å²) >= 11 is 5.88. The molecule has 0 bridgehead atoms. The van der Waals surface area contributed by atoms with Gasteiger partial charge in [-0.05, 0) is 51.1 Å². The van der Waals surface area contributed by atoms with Crippen molar-refractivity contribution in [2.24, 2.45) is 0 Å². The number of piperazine rings is 1. The first-order chi connectivity index (χ1) is 14.2. The van der Waals surface area contributed by atoms with Gasteiger partial charge in [-0.25, -0.2) is 23.1 Å². The molecule has 30 heavy (non-hydrogen) atoms. The molecule has 0 amide bonds. The van der Waals surface area contributed by atoms with Crippen molar-refractivity contribution in [3.05, 3.63) is 58.6 Å². The van der Waals surface area contributed by atoms with E-state index in [-0.39, 0.29) is 4.90 Å². The SMILES string of the molecule is Cc1cc(C)n(-c2cc(N3CCN(S(=O)(=O)c4ccc(Cl)cc4)CC3)nc(C)n2)n1. The van der Waals surface area contributed by atoms with E-state index in [1.54, 1.807) is 28.9 Å². The van der Waals surface area contributed by atoms with Gasteiger partial charge >= 0.3 is 0 Å². The summed E-state index contributed by atoms with van der Waals surface area (Å²) in [6.45, 7) is 7.61. The maximum atomic E-state index is 12.9. The third kappa shape index (κ3) is 4.05. The van der Waals surface area contributed by atoms with E-state index in [2.05, 4.69) is 20.0 Å². The number of aromatic nitrogens is 4. The molecule has 0 aliphatic carbocycles. The van der Waals surface area contributed by atoms with Crippen LogP contribution in [0.3, 0.4) is 0 Å². The molecule has 1 fully saturated rings. The Labute approximate surface area is 181 Å². The monoisotopic (exact) mass is 446 g/mol. The zero-order valence-corrected chi connectivity index (χ0v) is 18.7. The van der Waals surface area contributed by atoms with Crippen molar-refractivity contribution in [1.29, 1.82) is 0 Å². The van der Waals surface area contributed by atoms with Crippen LogP contribution in [0.25, 0.3) is 5.82 Å². The highest BCUT2D eigenvalue weighted by Crippen LogP contribution is 2.23. The van der Waals surface area contributed by atoms with Crippen LogP contribution >= 0.6 is 11.6 Å². The number of anilines is 1. The maximum Gasteiger partial charge on any atom is 0.243 e. The second-order valence-corrected chi connectivity index (χ2v) is 9.69. The zero-order valence-electron chi connectivity index (χ0n) is 17.1. The molecule has 0 atom stereocenters. The summed E-state index contributed by atoms with van der Waals surface area (Å²) < 4.78 is 29.1. The molecule has 8 nitrogen and oxygen atoms in total. The predicted octanol–water partition coefficient (Wildman–Crippen LogP) is 2.75. The lowest BCUT2D eigenvalue weighted by Crippen LogP contribution is -2.49. The Hall–Kier alpha value is -2.49. The first-order valence-corrected chi connectivity index (χ1v) is 11.5. The van der Waals surface area contributed by atoms with Crippen molar-refractivity contribution in [3.63, 3.8) is 0 Å². The summed E-state index contributed by atoms with van der Waals surface area (Å²) in [5.74, 6) is 2.12. The minimum atomic E-state index is -3.55. The van der Waals surface area contributed by atoms with Crippen molar-refractivity contribution in [1.82, 2.24) is 24.1 Å². The molecule has 158 valence electrons. The molecule has 2 aromatic heterocycles. The van der Waals surface area contributed by atoms with Crippen molar-refractivity contribution in [2.45, 2.75) is 25.7 Å². The number of hydrogen-bond acceptors (Lipinski definition) is 6. The predicted molar refractivity (Wildman–Crippen MR) is 116 cm³/mol. The van der Waals surface area contributed by atoms with Gasteiger partial charge in [-0.2, -0.15) is 9.40 Å². The van der Waals surface area contributed by atoms with E-state index in [0.29, 0.717) is 42.8 Å². The molecule has 0 radical (unpaired) electrons. The van der Waals surface area contributed by atoms with E-state index >= 15 is 0 Å². The molecule has 0 spiro atoms. The molecule has 0 unspecified atom stereocenters. The molecule has 0 saturated carbocycles. The Morgan fingerprint density at radius 1 is 0.900 bits per heavy atom. The summed E-state index contributed by atoms with van der Waals surface area (Å²) in [6.07, 6.45) is 0. The smallest absolute Gasteiger partial charge is 0.243 e. The molecule has 10 heteroatoms. The Morgan fingerprint density at radius 2 is 1.53 bits per heavy atom. The lowest BCUT2D eigenvalue weighted by molar-refractivity contribution is 0.383. The fraction of sp³-hybridized carbons (Fsp3) is 0.350. The van der Waals surface area contributed by atoms with E-state index in [9.17, 15) is 8.42 Å². The van der Waals surface area contributed by atoms with Crippen molar-refractivity contribution in [3.8, 4) is 5.82 Å². The number of rotatable bonds is 4.